The van der Waals surface area contributed by atoms with Crippen LogP contribution in [0.2, 0.25) is 0 Å². The van der Waals surface area contributed by atoms with Crippen LogP contribution >= 0.6 is 0 Å². The molecule has 108 valence electrons. The molecule has 2 nitrogen and oxygen atoms in total. The molecule has 0 radical (unpaired) electrons. The molecule has 2 heteroatoms. The molecule has 1 saturated carbocycles. The Morgan fingerprint density at radius 1 is 1.11 bits per heavy atom. The first kappa shape index (κ1) is 16.0. The summed E-state index contributed by atoms with van der Waals surface area (Å²) in [5, 5.41) is 0. The maximum atomic E-state index is 6.68. The lowest BCUT2D eigenvalue weighted by atomic mass is 9.68. The highest BCUT2D eigenvalue weighted by molar-refractivity contribution is 4.96. The van der Waals surface area contributed by atoms with Crippen molar-refractivity contribution in [2.75, 3.05) is 6.61 Å². The zero-order chi connectivity index (χ0) is 13.6. The molecule has 3 atom stereocenters. The SMILES string of the molecule is CCOC(CC)(CC)C(N)C1CCCCC1CC. The Balaban J connectivity index is 2.82. The minimum Gasteiger partial charge on any atom is -0.374 e. The summed E-state index contributed by atoms with van der Waals surface area (Å²) in [4.78, 5) is 0. The van der Waals surface area contributed by atoms with Crippen LogP contribution in [0.3, 0.4) is 0 Å². The van der Waals surface area contributed by atoms with Crippen LogP contribution in [0.4, 0.5) is 0 Å². The van der Waals surface area contributed by atoms with Gasteiger partial charge in [0.2, 0.25) is 0 Å². The van der Waals surface area contributed by atoms with Gasteiger partial charge in [-0.25, -0.2) is 0 Å². The van der Waals surface area contributed by atoms with E-state index in [0.29, 0.717) is 5.92 Å². The molecule has 0 spiro atoms. The van der Waals surface area contributed by atoms with Crippen molar-refractivity contribution in [1.29, 1.82) is 0 Å². The van der Waals surface area contributed by atoms with E-state index < -0.39 is 0 Å². The minimum absolute atomic E-state index is 0.0931. The number of hydrogen-bond acceptors (Lipinski definition) is 2. The Morgan fingerprint density at radius 3 is 2.22 bits per heavy atom. The molecule has 2 N–H and O–H groups in total. The van der Waals surface area contributed by atoms with Crippen LogP contribution in [-0.2, 0) is 4.74 Å². The van der Waals surface area contributed by atoms with Crippen molar-refractivity contribution in [1.82, 2.24) is 0 Å². The van der Waals surface area contributed by atoms with E-state index in [0.717, 1.165) is 25.4 Å². The van der Waals surface area contributed by atoms with Crippen molar-refractivity contribution in [2.24, 2.45) is 17.6 Å². The molecular formula is C16H33NO. The number of ether oxygens (including phenoxy) is 1. The predicted octanol–water partition coefficient (Wildman–Crippen LogP) is 4.13. The molecule has 0 aromatic carbocycles. The van der Waals surface area contributed by atoms with E-state index in [2.05, 4.69) is 27.7 Å². The Morgan fingerprint density at radius 2 is 1.72 bits per heavy atom. The van der Waals surface area contributed by atoms with Gasteiger partial charge in [-0.3, -0.25) is 0 Å². The first-order valence-electron chi connectivity index (χ1n) is 8.04. The monoisotopic (exact) mass is 255 g/mol. The molecule has 1 aliphatic rings. The van der Waals surface area contributed by atoms with Gasteiger partial charge in [0.1, 0.15) is 0 Å². The largest absolute Gasteiger partial charge is 0.374 e. The van der Waals surface area contributed by atoms with Crippen molar-refractivity contribution >= 4 is 0 Å². The number of rotatable bonds is 7. The third-order valence-corrected chi connectivity index (χ3v) is 5.19. The smallest absolute Gasteiger partial charge is 0.0830 e. The summed E-state index contributed by atoms with van der Waals surface area (Å²) in [5.41, 5.74) is 6.58. The molecule has 0 amide bonds. The molecule has 0 aliphatic heterocycles. The van der Waals surface area contributed by atoms with E-state index in [4.69, 9.17) is 10.5 Å². The van der Waals surface area contributed by atoms with Gasteiger partial charge in [0.15, 0.2) is 0 Å². The topological polar surface area (TPSA) is 35.2 Å². The second-order valence-electron chi connectivity index (χ2n) is 5.85. The molecule has 0 aromatic heterocycles. The van der Waals surface area contributed by atoms with Gasteiger partial charge in [-0.15, -0.1) is 0 Å². The molecular weight excluding hydrogens is 222 g/mol. The summed E-state index contributed by atoms with van der Waals surface area (Å²) in [6.07, 6.45) is 8.75. The normalized spacial score (nSPS) is 27.2. The van der Waals surface area contributed by atoms with Crippen molar-refractivity contribution in [3.05, 3.63) is 0 Å². The van der Waals surface area contributed by atoms with Gasteiger partial charge in [0, 0.05) is 12.6 Å². The molecule has 0 bridgehead atoms. The van der Waals surface area contributed by atoms with Gasteiger partial charge in [-0.2, -0.15) is 0 Å². The third kappa shape index (κ3) is 3.27. The van der Waals surface area contributed by atoms with E-state index in [1.807, 2.05) is 0 Å². The summed E-state index contributed by atoms with van der Waals surface area (Å²) in [7, 11) is 0. The lowest BCUT2D eigenvalue weighted by Gasteiger charge is -2.45. The second kappa shape index (κ2) is 7.49. The quantitative estimate of drug-likeness (QED) is 0.742. The number of hydrogen-bond donors (Lipinski definition) is 1. The van der Waals surface area contributed by atoms with E-state index >= 15 is 0 Å². The van der Waals surface area contributed by atoms with E-state index in [-0.39, 0.29) is 11.6 Å². The van der Waals surface area contributed by atoms with E-state index in [1.165, 1.54) is 32.1 Å². The highest BCUT2D eigenvalue weighted by Gasteiger charge is 2.41. The minimum atomic E-state index is -0.0931. The summed E-state index contributed by atoms with van der Waals surface area (Å²) in [6.45, 7) is 9.63. The van der Waals surface area contributed by atoms with Gasteiger partial charge >= 0.3 is 0 Å². The predicted molar refractivity (Wildman–Crippen MR) is 78.7 cm³/mol. The zero-order valence-corrected chi connectivity index (χ0v) is 12.9. The average Bonchev–Trinajstić information content (AvgIpc) is 2.44. The maximum absolute atomic E-state index is 6.68. The van der Waals surface area contributed by atoms with Gasteiger partial charge in [-0.05, 0) is 38.0 Å². The van der Waals surface area contributed by atoms with Gasteiger partial charge in [0.25, 0.3) is 0 Å². The van der Waals surface area contributed by atoms with Crippen molar-refractivity contribution in [3.8, 4) is 0 Å². The average molecular weight is 255 g/mol. The Bertz CT molecular complexity index is 225. The zero-order valence-electron chi connectivity index (χ0n) is 12.9. The summed E-state index contributed by atoms with van der Waals surface area (Å²) >= 11 is 0. The fraction of sp³-hybridized carbons (Fsp3) is 1.00. The molecule has 18 heavy (non-hydrogen) atoms. The molecule has 0 saturated heterocycles. The molecule has 0 aromatic rings. The Hall–Kier alpha value is -0.0800. The first-order chi connectivity index (χ1) is 8.65. The fourth-order valence-electron chi connectivity index (χ4n) is 3.92. The van der Waals surface area contributed by atoms with Crippen molar-refractivity contribution in [3.63, 3.8) is 0 Å². The Kier molecular flexibility index (Phi) is 6.65. The van der Waals surface area contributed by atoms with E-state index in [1.54, 1.807) is 0 Å². The van der Waals surface area contributed by atoms with Crippen LogP contribution in [0.1, 0.15) is 72.6 Å². The van der Waals surface area contributed by atoms with Crippen LogP contribution in [0.15, 0.2) is 0 Å². The molecule has 1 fully saturated rings. The fourth-order valence-corrected chi connectivity index (χ4v) is 3.92. The van der Waals surface area contributed by atoms with Crippen LogP contribution in [0.5, 0.6) is 0 Å². The standard InChI is InChI=1S/C16H33NO/c1-5-13-11-9-10-12-14(13)15(17)16(6-2,7-3)18-8-4/h13-15H,5-12,17H2,1-4H3. The number of nitrogens with two attached hydrogens (primary N) is 1. The maximum Gasteiger partial charge on any atom is 0.0830 e. The van der Waals surface area contributed by atoms with E-state index in [9.17, 15) is 0 Å². The van der Waals surface area contributed by atoms with Crippen LogP contribution in [-0.4, -0.2) is 18.2 Å². The second-order valence-corrected chi connectivity index (χ2v) is 5.85. The molecule has 1 aliphatic carbocycles. The molecule has 0 heterocycles. The van der Waals surface area contributed by atoms with Gasteiger partial charge < -0.3 is 10.5 Å². The third-order valence-electron chi connectivity index (χ3n) is 5.19. The van der Waals surface area contributed by atoms with Crippen LogP contribution in [0, 0.1) is 11.8 Å². The highest BCUT2D eigenvalue weighted by Crippen LogP contribution is 2.39. The lowest BCUT2D eigenvalue weighted by molar-refractivity contribution is -0.0855. The first-order valence-corrected chi connectivity index (χ1v) is 8.04. The van der Waals surface area contributed by atoms with Crippen molar-refractivity contribution in [2.45, 2.75) is 84.3 Å². The van der Waals surface area contributed by atoms with Gasteiger partial charge in [0.05, 0.1) is 5.60 Å². The lowest BCUT2D eigenvalue weighted by Crippen LogP contribution is -2.55. The van der Waals surface area contributed by atoms with Crippen molar-refractivity contribution < 1.29 is 4.74 Å². The highest BCUT2D eigenvalue weighted by atomic mass is 16.5. The summed E-state index contributed by atoms with van der Waals surface area (Å²) in [5.74, 6) is 1.47. The molecule has 3 unspecified atom stereocenters. The van der Waals surface area contributed by atoms with Crippen LogP contribution in [0.25, 0.3) is 0 Å². The Labute approximate surface area is 114 Å². The summed E-state index contributed by atoms with van der Waals surface area (Å²) < 4.78 is 6.11. The molecule has 1 rings (SSSR count). The van der Waals surface area contributed by atoms with Crippen LogP contribution < -0.4 is 5.73 Å². The van der Waals surface area contributed by atoms with Gasteiger partial charge in [-0.1, -0.05) is 46.5 Å². The summed E-state index contributed by atoms with van der Waals surface area (Å²) in [6, 6.07) is 0.206.